The van der Waals surface area contributed by atoms with Gasteiger partial charge in [0.15, 0.2) is 12.1 Å². The van der Waals surface area contributed by atoms with Gasteiger partial charge in [0.2, 0.25) is 0 Å². The van der Waals surface area contributed by atoms with E-state index in [0.717, 1.165) is 25.7 Å². The molecule has 1 fully saturated rings. The minimum atomic E-state index is -0.562. The number of carbonyl (C=O) groups is 1. The fourth-order valence-electron chi connectivity index (χ4n) is 2.25. The Bertz CT molecular complexity index is 251. The van der Waals surface area contributed by atoms with Crippen LogP contribution >= 0.6 is 0 Å². The van der Waals surface area contributed by atoms with Crippen LogP contribution in [0.2, 0.25) is 0 Å². The van der Waals surface area contributed by atoms with E-state index >= 15 is 0 Å². The molecule has 1 heterocycles. The van der Waals surface area contributed by atoms with E-state index < -0.39 is 5.60 Å². The number of ketones is 1. The van der Waals surface area contributed by atoms with Gasteiger partial charge in [-0.15, -0.1) is 0 Å². The van der Waals surface area contributed by atoms with E-state index in [1.807, 2.05) is 0 Å². The van der Waals surface area contributed by atoms with Gasteiger partial charge in [0, 0.05) is 7.11 Å². The van der Waals surface area contributed by atoms with Crippen molar-refractivity contribution >= 4 is 5.78 Å². The number of ether oxygens (including phenoxy) is 2. The Labute approximate surface area is 84.1 Å². The summed E-state index contributed by atoms with van der Waals surface area (Å²) < 4.78 is 10.8. The van der Waals surface area contributed by atoms with E-state index in [0.29, 0.717) is 0 Å². The molecule has 1 aliphatic heterocycles. The zero-order valence-corrected chi connectivity index (χ0v) is 8.49. The molecule has 0 amide bonds. The fourth-order valence-corrected chi connectivity index (χ4v) is 2.25. The summed E-state index contributed by atoms with van der Waals surface area (Å²) >= 11 is 0. The maximum Gasteiger partial charge on any atom is 0.187 e. The molecule has 0 aromatic carbocycles. The Morgan fingerprint density at radius 1 is 1.43 bits per heavy atom. The summed E-state index contributed by atoms with van der Waals surface area (Å²) in [6, 6.07) is 0. The first-order valence-electron chi connectivity index (χ1n) is 5.20. The Morgan fingerprint density at radius 3 is 2.79 bits per heavy atom. The summed E-state index contributed by atoms with van der Waals surface area (Å²) in [4.78, 5) is 11.8. The van der Waals surface area contributed by atoms with Crippen LogP contribution in [-0.2, 0) is 14.3 Å². The third-order valence-corrected chi connectivity index (χ3v) is 3.09. The summed E-state index contributed by atoms with van der Waals surface area (Å²) in [5.41, 5.74) is -0.562. The lowest BCUT2D eigenvalue weighted by Gasteiger charge is -2.39. The van der Waals surface area contributed by atoms with Gasteiger partial charge in [0.25, 0.3) is 0 Å². The van der Waals surface area contributed by atoms with E-state index in [1.165, 1.54) is 6.42 Å². The van der Waals surface area contributed by atoms with Crippen LogP contribution in [0.5, 0.6) is 0 Å². The van der Waals surface area contributed by atoms with Crippen molar-refractivity contribution in [1.29, 1.82) is 0 Å². The smallest absolute Gasteiger partial charge is 0.187 e. The molecule has 78 valence electrons. The lowest BCUT2D eigenvalue weighted by molar-refractivity contribution is -0.194. The second-order valence-electron chi connectivity index (χ2n) is 4.00. The molecule has 14 heavy (non-hydrogen) atoms. The first kappa shape index (κ1) is 9.87. The van der Waals surface area contributed by atoms with Gasteiger partial charge in [-0.3, -0.25) is 4.79 Å². The zero-order chi connectivity index (χ0) is 10.0. The summed E-state index contributed by atoms with van der Waals surface area (Å²) in [5.74, 6) is 0.116. The van der Waals surface area contributed by atoms with Crippen LogP contribution in [-0.4, -0.2) is 24.8 Å². The third-order valence-electron chi connectivity index (χ3n) is 3.09. The van der Waals surface area contributed by atoms with E-state index in [4.69, 9.17) is 9.47 Å². The molecule has 1 aliphatic carbocycles. The molecule has 1 spiro atoms. The molecule has 0 radical (unpaired) electrons. The van der Waals surface area contributed by atoms with E-state index in [1.54, 1.807) is 19.3 Å². The largest absolute Gasteiger partial charge is 0.352 e. The lowest BCUT2D eigenvalue weighted by atomic mass is 9.80. The quantitative estimate of drug-likeness (QED) is 0.641. The van der Waals surface area contributed by atoms with Gasteiger partial charge in [0.05, 0.1) is 0 Å². The summed E-state index contributed by atoms with van der Waals surface area (Å²) in [5, 5.41) is 0. The minimum absolute atomic E-state index is 0.116. The Hall–Kier alpha value is -0.670. The van der Waals surface area contributed by atoms with Gasteiger partial charge in [-0.1, -0.05) is 19.3 Å². The maximum absolute atomic E-state index is 11.8. The highest BCUT2D eigenvalue weighted by atomic mass is 16.7. The van der Waals surface area contributed by atoms with E-state index in [9.17, 15) is 4.79 Å². The highest BCUT2D eigenvalue weighted by molar-refractivity contribution is 5.97. The number of rotatable bonds is 1. The van der Waals surface area contributed by atoms with Gasteiger partial charge in [0.1, 0.15) is 5.60 Å². The first-order chi connectivity index (χ1) is 6.77. The molecular formula is C11H16O3. The van der Waals surface area contributed by atoms with Crippen molar-refractivity contribution in [3.63, 3.8) is 0 Å². The summed E-state index contributed by atoms with van der Waals surface area (Å²) in [6.45, 7) is 0. The maximum atomic E-state index is 11.8. The first-order valence-corrected chi connectivity index (χ1v) is 5.20. The Kier molecular flexibility index (Phi) is 2.70. The molecule has 0 N–H and O–H groups in total. The number of methoxy groups -OCH3 is 1. The van der Waals surface area contributed by atoms with Crippen LogP contribution in [0.15, 0.2) is 12.2 Å². The van der Waals surface area contributed by atoms with Crippen LogP contribution < -0.4 is 0 Å². The van der Waals surface area contributed by atoms with Crippen LogP contribution in [0, 0.1) is 0 Å². The molecule has 2 rings (SSSR count). The fraction of sp³-hybridized carbons (Fsp3) is 0.727. The van der Waals surface area contributed by atoms with Gasteiger partial charge >= 0.3 is 0 Å². The standard InChI is InChI=1S/C11H16O3/c1-13-10-6-5-9(12)11(14-10)7-3-2-4-8-11/h5-6,10H,2-4,7-8H2,1H3. The molecular weight excluding hydrogens is 180 g/mol. The van der Waals surface area contributed by atoms with Crippen molar-refractivity contribution in [2.75, 3.05) is 7.11 Å². The average molecular weight is 196 g/mol. The monoisotopic (exact) mass is 196 g/mol. The normalized spacial score (nSPS) is 30.9. The predicted molar refractivity (Wildman–Crippen MR) is 51.8 cm³/mol. The van der Waals surface area contributed by atoms with Crippen LogP contribution in [0.3, 0.4) is 0 Å². The third kappa shape index (κ3) is 1.62. The zero-order valence-electron chi connectivity index (χ0n) is 8.49. The van der Waals surface area contributed by atoms with Crippen molar-refractivity contribution in [2.24, 2.45) is 0 Å². The molecule has 3 heteroatoms. The van der Waals surface area contributed by atoms with Crippen molar-refractivity contribution in [3.8, 4) is 0 Å². The molecule has 0 bridgehead atoms. The topological polar surface area (TPSA) is 35.5 Å². The number of carbonyl (C=O) groups excluding carboxylic acids is 1. The van der Waals surface area contributed by atoms with E-state index in [-0.39, 0.29) is 12.1 Å². The Balaban J connectivity index is 2.16. The van der Waals surface area contributed by atoms with Crippen molar-refractivity contribution < 1.29 is 14.3 Å². The van der Waals surface area contributed by atoms with Crippen LogP contribution in [0.25, 0.3) is 0 Å². The van der Waals surface area contributed by atoms with Crippen LogP contribution in [0.4, 0.5) is 0 Å². The second-order valence-corrected chi connectivity index (χ2v) is 4.00. The molecule has 0 aromatic heterocycles. The van der Waals surface area contributed by atoms with Gasteiger partial charge in [-0.05, 0) is 25.0 Å². The van der Waals surface area contributed by atoms with Crippen molar-refractivity contribution in [3.05, 3.63) is 12.2 Å². The van der Waals surface area contributed by atoms with Crippen LogP contribution in [0.1, 0.15) is 32.1 Å². The summed E-state index contributed by atoms with van der Waals surface area (Å²) in [7, 11) is 1.60. The Morgan fingerprint density at radius 2 is 2.14 bits per heavy atom. The van der Waals surface area contributed by atoms with Gasteiger partial charge < -0.3 is 9.47 Å². The predicted octanol–water partition coefficient (Wildman–Crippen LogP) is 1.82. The lowest BCUT2D eigenvalue weighted by Crippen LogP contribution is -2.47. The molecule has 0 saturated heterocycles. The summed E-state index contributed by atoms with van der Waals surface area (Å²) in [6.07, 6.45) is 8.01. The number of hydrogen-bond acceptors (Lipinski definition) is 3. The van der Waals surface area contributed by atoms with Gasteiger partial charge in [-0.25, -0.2) is 0 Å². The highest BCUT2D eigenvalue weighted by Gasteiger charge is 2.42. The molecule has 1 saturated carbocycles. The molecule has 2 aliphatic rings. The minimum Gasteiger partial charge on any atom is -0.352 e. The molecule has 3 nitrogen and oxygen atoms in total. The SMILES string of the molecule is COC1C=CC(=O)C2(CCCCC2)O1. The van der Waals surface area contributed by atoms with Crippen molar-refractivity contribution in [2.45, 2.75) is 44.0 Å². The second kappa shape index (κ2) is 3.83. The molecule has 1 atom stereocenters. The average Bonchev–Trinajstić information content (AvgIpc) is 2.24. The van der Waals surface area contributed by atoms with E-state index in [2.05, 4.69) is 0 Å². The van der Waals surface area contributed by atoms with Gasteiger partial charge in [-0.2, -0.15) is 0 Å². The molecule has 0 aromatic rings. The van der Waals surface area contributed by atoms with Crippen molar-refractivity contribution in [1.82, 2.24) is 0 Å². The highest BCUT2D eigenvalue weighted by Crippen LogP contribution is 2.36. The molecule has 1 unspecified atom stereocenters. The number of hydrogen-bond donors (Lipinski definition) is 0.